The Balaban J connectivity index is 1.66. The van der Waals surface area contributed by atoms with Crippen LogP contribution in [0.4, 0.5) is 0 Å². The van der Waals surface area contributed by atoms with Crippen LogP contribution in [0.1, 0.15) is 78.6 Å². The van der Waals surface area contributed by atoms with Gasteiger partial charge in [-0.15, -0.1) is 0 Å². The molecule has 1 N–H and O–H groups in total. The first-order valence-electron chi connectivity index (χ1n) is 9.01. The summed E-state index contributed by atoms with van der Waals surface area (Å²) in [5.41, 5.74) is 0.729. The van der Waals surface area contributed by atoms with Crippen molar-refractivity contribution < 1.29 is 0 Å². The van der Waals surface area contributed by atoms with Gasteiger partial charge in [-0.25, -0.2) is 0 Å². The Hall–Kier alpha value is -0.0800. The SMILES string of the molecule is CCCCCN(C)C1CCC2(CC1)CC(NC(C)C)C2. The molecule has 1 spiro atoms. The number of nitrogens with zero attached hydrogens (tertiary/aromatic N) is 1. The Morgan fingerprint density at radius 1 is 1.15 bits per heavy atom. The number of unbranched alkanes of at least 4 members (excludes halogenated alkanes) is 2. The summed E-state index contributed by atoms with van der Waals surface area (Å²) in [6, 6.07) is 2.34. The minimum absolute atomic E-state index is 0.651. The van der Waals surface area contributed by atoms with Crippen molar-refractivity contribution in [1.29, 1.82) is 0 Å². The molecular formula is C18H36N2. The van der Waals surface area contributed by atoms with E-state index >= 15 is 0 Å². The molecule has 0 aliphatic heterocycles. The molecule has 0 unspecified atom stereocenters. The van der Waals surface area contributed by atoms with Crippen LogP contribution < -0.4 is 5.32 Å². The van der Waals surface area contributed by atoms with E-state index in [4.69, 9.17) is 0 Å². The van der Waals surface area contributed by atoms with Crippen LogP contribution in [-0.2, 0) is 0 Å². The fourth-order valence-electron chi connectivity index (χ4n) is 4.43. The minimum Gasteiger partial charge on any atom is -0.312 e. The fraction of sp³-hybridized carbons (Fsp3) is 1.00. The molecule has 0 saturated heterocycles. The van der Waals surface area contributed by atoms with Gasteiger partial charge in [-0.1, -0.05) is 33.6 Å². The van der Waals surface area contributed by atoms with E-state index in [0.717, 1.165) is 17.5 Å². The van der Waals surface area contributed by atoms with Gasteiger partial charge in [0.15, 0.2) is 0 Å². The standard InChI is InChI=1S/C18H36N2/c1-5-6-7-12-20(4)17-8-10-18(11-9-17)13-16(14-18)19-15(2)3/h15-17,19H,5-14H2,1-4H3. The van der Waals surface area contributed by atoms with Gasteiger partial charge in [-0.3, -0.25) is 0 Å². The highest BCUT2D eigenvalue weighted by Crippen LogP contribution is 2.52. The first kappa shape index (κ1) is 16.3. The first-order chi connectivity index (χ1) is 9.54. The summed E-state index contributed by atoms with van der Waals surface area (Å²) in [4.78, 5) is 2.64. The van der Waals surface area contributed by atoms with E-state index in [9.17, 15) is 0 Å². The fourth-order valence-corrected chi connectivity index (χ4v) is 4.43. The van der Waals surface area contributed by atoms with Gasteiger partial charge in [0.05, 0.1) is 0 Å². The molecule has 0 aromatic rings. The van der Waals surface area contributed by atoms with Gasteiger partial charge < -0.3 is 10.2 Å². The Bertz CT molecular complexity index is 271. The van der Waals surface area contributed by atoms with Crippen LogP contribution in [0, 0.1) is 5.41 Å². The van der Waals surface area contributed by atoms with Gasteiger partial charge in [0.25, 0.3) is 0 Å². The third-order valence-electron chi connectivity index (χ3n) is 5.68. The zero-order valence-corrected chi connectivity index (χ0v) is 14.3. The van der Waals surface area contributed by atoms with Crippen molar-refractivity contribution in [3.63, 3.8) is 0 Å². The van der Waals surface area contributed by atoms with Crippen molar-refractivity contribution in [3.05, 3.63) is 0 Å². The van der Waals surface area contributed by atoms with Gasteiger partial charge in [-0.05, 0) is 64.0 Å². The van der Waals surface area contributed by atoms with Crippen LogP contribution in [0.2, 0.25) is 0 Å². The number of hydrogen-bond acceptors (Lipinski definition) is 2. The van der Waals surface area contributed by atoms with Crippen LogP contribution in [0.5, 0.6) is 0 Å². The molecular weight excluding hydrogens is 244 g/mol. The molecule has 2 fully saturated rings. The van der Waals surface area contributed by atoms with Crippen molar-refractivity contribution in [2.45, 2.75) is 96.7 Å². The Morgan fingerprint density at radius 3 is 2.35 bits per heavy atom. The van der Waals surface area contributed by atoms with E-state index in [1.165, 1.54) is 64.3 Å². The maximum absolute atomic E-state index is 3.71. The minimum atomic E-state index is 0.651. The van der Waals surface area contributed by atoms with E-state index in [1.54, 1.807) is 0 Å². The van der Waals surface area contributed by atoms with E-state index in [-0.39, 0.29) is 0 Å². The van der Waals surface area contributed by atoms with Crippen LogP contribution >= 0.6 is 0 Å². The number of hydrogen-bond donors (Lipinski definition) is 1. The predicted octanol–water partition coefficient (Wildman–Crippen LogP) is 4.20. The molecule has 2 aliphatic carbocycles. The lowest BCUT2D eigenvalue weighted by Gasteiger charge is -2.53. The summed E-state index contributed by atoms with van der Waals surface area (Å²) < 4.78 is 0. The Morgan fingerprint density at radius 2 is 1.80 bits per heavy atom. The zero-order valence-electron chi connectivity index (χ0n) is 14.3. The largest absolute Gasteiger partial charge is 0.312 e. The highest BCUT2D eigenvalue weighted by Gasteiger charge is 2.46. The molecule has 2 saturated carbocycles. The van der Waals surface area contributed by atoms with Gasteiger partial charge >= 0.3 is 0 Å². The molecule has 118 valence electrons. The molecule has 2 rings (SSSR count). The van der Waals surface area contributed by atoms with Gasteiger partial charge in [-0.2, -0.15) is 0 Å². The van der Waals surface area contributed by atoms with Crippen LogP contribution in [0.3, 0.4) is 0 Å². The van der Waals surface area contributed by atoms with Gasteiger partial charge in [0.2, 0.25) is 0 Å². The van der Waals surface area contributed by atoms with Crippen molar-refractivity contribution in [2.75, 3.05) is 13.6 Å². The van der Waals surface area contributed by atoms with E-state index in [0.29, 0.717) is 6.04 Å². The molecule has 20 heavy (non-hydrogen) atoms. The molecule has 2 nitrogen and oxygen atoms in total. The predicted molar refractivity (Wildman–Crippen MR) is 88.1 cm³/mol. The van der Waals surface area contributed by atoms with Crippen LogP contribution in [0.25, 0.3) is 0 Å². The molecule has 0 radical (unpaired) electrons. The summed E-state index contributed by atoms with van der Waals surface area (Å²) in [5.74, 6) is 0. The molecule has 0 heterocycles. The molecule has 0 atom stereocenters. The quantitative estimate of drug-likeness (QED) is 0.703. The number of rotatable bonds is 7. The summed E-state index contributed by atoms with van der Waals surface area (Å²) in [6.07, 6.45) is 12.8. The van der Waals surface area contributed by atoms with E-state index in [2.05, 4.69) is 38.0 Å². The highest BCUT2D eigenvalue weighted by molar-refractivity contribution is 5.01. The maximum atomic E-state index is 3.71. The summed E-state index contributed by atoms with van der Waals surface area (Å²) in [5, 5.41) is 3.71. The van der Waals surface area contributed by atoms with Crippen LogP contribution in [0.15, 0.2) is 0 Å². The first-order valence-corrected chi connectivity index (χ1v) is 9.01. The summed E-state index contributed by atoms with van der Waals surface area (Å²) >= 11 is 0. The summed E-state index contributed by atoms with van der Waals surface area (Å²) in [6.45, 7) is 8.14. The molecule has 2 aliphatic rings. The molecule has 0 bridgehead atoms. The summed E-state index contributed by atoms with van der Waals surface area (Å²) in [7, 11) is 2.35. The Kier molecular flexibility index (Phi) is 5.92. The van der Waals surface area contributed by atoms with Crippen molar-refractivity contribution in [2.24, 2.45) is 5.41 Å². The third-order valence-corrected chi connectivity index (χ3v) is 5.68. The van der Waals surface area contributed by atoms with Crippen molar-refractivity contribution >= 4 is 0 Å². The van der Waals surface area contributed by atoms with Gasteiger partial charge in [0, 0.05) is 18.1 Å². The second-order valence-electron chi connectivity index (χ2n) is 7.85. The van der Waals surface area contributed by atoms with Crippen molar-refractivity contribution in [1.82, 2.24) is 10.2 Å². The molecule has 0 amide bonds. The van der Waals surface area contributed by atoms with E-state index in [1.807, 2.05) is 0 Å². The lowest BCUT2D eigenvalue weighted by molar-refractivity contribution is 0.00789. The molecule has 2 heteroatoms. The molecule has 0 aromatic heterocycles. The normalized spacial score (nSPS) is 33.9. The monoisotopic (exact) mass is 280 g/mol. The maximum Gasteiger partial charge on any atom is 0.00926 e. The smallest absolute Gasteiger partial charge is 0.00926 e. The average molecular weight is 280 g/mol. The lowest BCUT2D eigenvalue weighted by Crippen LogP contribution is -2.53. The highest BCUT2D eigenvalue weighted by atomic mass is 15.1. The second kappa shape index (κ2) is 7.26. The van der Waals surface area contributed by atoms with E-state index < -0.39 is 0 Å². The lowest BCUT2D eigenvalue weighted by atomic mass is 9.57. The molecule has 0 aromatic carbocycles. The Labute approximate surface area is 126 Å². The third kappa shape index (κ3) is 4.21. The number of nitrogens with one attached hydrogen (secondary N) is 1. The topological polar surface area (TPSA) is 15.3 Å². The van der Waals surface area contributed by atoms with Crippen LogP contribution in [-0.4, -0.2) is 36.6 Å². The average Bonchev–Trinajstić information content (AvgIpc) is 2.37. The zero-order chi connectivity index (χ0) is 14.6. The van der Waals surface area contributed by atoms with Gasteiger partial charge in [0.1, 0.15) is 0 Å². The second-order valence-corrected chi connectivity index (χ2v) is 7.85. The van der Waals surface area contributed by atoms with Crippen molar-refractivity contribution in [3.8, 4) is 0 Å².